The lowest BCUT2D eigenvalue weighted by Gasteiger charge is -2.25. The maximum atomic E-state index is 12.5. The minimum atomic E-state index is -0.903. The van der Waals surface area contributed by atoms with Gasteiger partial charge in [-0.1, -0.05) is 6.07 Å². The number of ether oxygens (including phenoxy) is 1. The number of carbonyl (C=O) groups excluding carboxylic acids is 3. The van der Waals surface area contributed by atoms with Gasteiger partial charge in [0.15, 0.2) is 0 Å². The molecule has 130 valence electrons. The van der Waals surface area contributed by atoms with Crippen LogP contribution in [0.5, 0.6) is 5.75 Å². The number of hydrogen-bond donors (Lipinski definition) is 2. The van der Waals surface area contributed by atoms with Gasteiger partial charge in [0.2, 0.25) is 5.91 Å². The molecule has 1 heterocycles. The molecule has 1 aromatic rings. The molecule has 0 fully saturated rings. The summed E-state index contributed by atoms with van der Waals surface area (Å²) in [5, 5.41) is 9.51. The molecule has 2 rings (SSSR count). The van der Waals surface area contributed by atoms with Gasteiger partial charge in [0.1, 0.15) is 17.4 Å². The topological polar surface area (TPSA) is 110 Å². The average molecular weight is 334 g/mol. The van der Waals surface area contributed by atoms with Crippen molar-refractivity contribution >= 4 is 17.8 Å². The number of amides is 2. The smallest absolute Gasteiger partial charge is 0.306 e. The van der Waals surface area contributed by atoms with E-state index in [1.807, 2.05) is 0 Å². The number of primary amides is 1. The summed E-state index contributed by atoms with van der Waals surface area (Å²) >= 11 is 0. The summed E-state index contributed by atoms with van der Waals surface area (Å²) in [7, 11) is 0. The number of fused-ring (bicyclic) bond motifs is 1. The molecule has 1 aliphatic rings. The van der Waals surface area contributed by atoms with E-state index >= 15 is 0 Å². The Morgan fingerprint density at radius 1 is 1.38 bits per heavy atom. The summed E-state index contributed by atoms with van der Waals surface area (Å²) in [5.41, 5.74) is 5.86. The predicted octanol–water partition coefficient (Wildman–Crippen LogP) is 1.32. The van der Waals surface area contributed by atoms with Crippen LogP contribution >= 0.6 is 0 Å². The SMILES string of the molecule is CC(C)(C)OC(=O)CC[C@@H](C(N)=O)N1Cc2ccc(O)cc2C1=O. The molecule has 1 aliphatic heterocycles. The second kappa shape index (κ2) is 6.51. The standard InChI is InChI=1S/C17H22N2O5/c1-17(2,3)24-14(21)7-6-13(15(18)22)19-9-10-4-5-11(20)8-12(10)16(19)23/h4-5,8,13,20H,6-7,9H2,1-3H3,(H2,18,22)/t13-/m0/s1. The molecule has 0 spiro atoms. The molecule has 0 radical (unpaired) electrons. The third-order valence-electron chi connectivity index (χ3n) is 3.67. The Kier molecular flexibility index (Phi) is 4.82. The third-order valence-corrected chi connectivity index (χ3v) is 3.67. The molecule has 0 bridgehead atoms. The summed E-state index contributed by atoms with van der Waals surface area (Å²) in [6, 6.07) is 3.58. The lowest BCUT2D eigenvalue weighted by molar-refractivity contribution is -0.155. The summed E-state index contributed by atoms with van der Waals surface area (Å²) in [5.74, 6) is -1.53. The fourth-order valence-corrected chi connectivity index (χ4v) is 2.66. The zero-order valence-electron chi connectivity index (χ0n) is 14.0. The van der Waals surface area contributed by atoms with Crippen molar-refractivity contribution < 1.29 is 24.2 Å². The molecule has 3 N–H and O–H groups in total. The van der Waals surface area contributed by atoms with Crippen molar-refractivity contribution in [1.82, 2.24) is 4.90 Å². The summed E-state index contributed by atoms with van der Waals surface area (Å²) in [6.45, 7) is 5.48. The van der Waals surface area contributed by atoms with Crippen molar-refractivity contribution in [2.75, 3.05) is 0 Å². The van der Waals surface area contributed by atoms with E-state index in [1.54, 1.807) is 26.8 Å². The third kappa shape index (κ3) is 4.04. The van der Waals surface area contributed by atoms with Gasteiger partial charge in [-0.05, 0) is 44.9 Å². The number of carbonyl (C=O) groups is 3. The minimum absolute atomic E-state index is 0.0176. The van der Waals surface area contributed by atoms with Crippen molar-refractivity contribution in [2.45, 2.75) is 51.8 Å². The Morgan fingerprint density at radius 3 is 2.62 bits per heavy atom. The Morgan fingerprint density at radius 2 is 2.04 bits per heavy atom. The highest BCUT2D eigenvalue weighted by Crippen LogP contribution is 2.28. The molecule has 2 amide bonds. The monoisotopic (exact) mass is 334 g/mol. The van der Waals surface area contributed by atoms with Crippen LogP contribution in [0.25, 0.3) is 0 Å². The van der Waals surface area contributed by atoms with Crippen LogP contribution in [-0.4, -0.2) is 39.4 Å². The van der Waals surface area contributed by atoms with Crippen LogP contribution in [0.1, 0.15) is 49.5 Å². The highest BCUT2D eigenvalue weighted by Gasteiger charge is 2.36. The number of nitrogens with zero attached hydrogens (tertiary/aromatic N) is 1. The minimum Gasteiger partial charge on any atom is -0.508 e. The zero-order chi connectivity index (χ0) is 18.1. The number of esters is 1. The molecule has 0 saturated carbocycles. The molecule has 24 heavy (non-hydrogen) atoms. The first-order chi connectivity index (χ1) is 11.1. The van der Waals surface area contributed by atoms with Gasteiger partial charge in [-0.3, -0.25) is 14.4 Å². The van der Waals surface area contributed by atoms with Crippen LogP contribution in [-0.2, 0) is 20.9 Å². The van der Waals surface area contributed by atoms with Gasteiger partial charge in [-0.2, -0.15) is 0 Å². The van der Waals surface area contributed by atoms with Crippen LogP contribution < -0.4 is 5.73 Å². The first-order valence-corrected chi connectivity index (χ1v) is 7.72. The largest absolute Gasteiger partial charge is 0.508 e. The van der Waals surface area contributed by atoms with E-state index < -0.39 is 23.5 Å². The van der Waals surface area contributed by atoms with Crippen LogP contribution in [0.3, 0.4) is 0 Å². The highest BCUT2D eigenvalue weighted by atomic mass is 16.6. The first kappa shape index (κ1) is 17.8. The van der Waals surface area contributed by atoms with E-state index in [2.05, 4.69) is 0 Å². The lowest BCUT2D eigenvalue weighted by Crippen LogP contribution is -2.45. The van der Waals surface area contributed by atoms with E-state index in [0.29, 0.717) is 11.1 Å². The van der Waals surface area contributed by atoms with Gasteiger partial charge in [-0.25, -0.2) is 0 Å². The Hall–Kier alpha value is -2.57. The first-order valence-electron chi connectivity index (χ1n) is 7.72. The molecule has 0 unspecified atom stereocenters. The number of nitrogens with two attached hydrogens (primary N) is 1. The molecule has 1 atom stereocenters. The van der Waals surface area contributed by atoms with Crippen molar-refractivity contribution in [3.8, 4) is 5.75 Å². The molecule has 0 aromatic heterocycles. The average Bonchev–Trinajstić information content (AvgIpc) is 2.74. The van der Waals surface area contributed by atoms with Gasteiger partial charge >= 0.3 is 5.97 Å². The van der Waals surface area contributed by atoms with Crippen molar-refractivity contribution in [3.05, 3.63) is 29.3 Å². The molecule has 0 aliphatic carbocycles. The quantitative estimate of drug-likeness (QED) is 0.789. The lowest BCUT2D eigenvalue weighted by atomic mass is 10.1. The Bertz CT molecular complexity index is 678. The van der Waals surface area contributed by atoms with Gasteiger partial charge < -0.3 is 20.5 Å². The van der Waals surface area contributed by atoms with Gasteiger partial charge in [-0.15, -0.1) is 0 Å². The molecular formula is C17H22N2O5. The Labute approximate surface area is 140 Å². The zero-order valence-corrected chi connectivity index (χ0v) is 14.0. The van der Waals surface area contributed by atoms with Gasteiger partial charge in [0, 0.05) is 18.5 Å². The fraction of sp³-hybridized carbons (Fsp3) is 0.471. The number of phenolic OH excluding ortho intramolecular Hbond substituents is 1. The van der Waals surface area contributed by atoms with E-state index in [0.717, 1.165) is 0 Å². The fourth-order valence-electron chi connectivity index (χ4n) is 2.66. The molecular weight excluding hydrogens is 312 g/mol. The van der Waals surface area contributed by atoms with Crippen molar-refractivity contribution in [1.29, 1.82) is 0 Å². The van der Waals surface area contributed by atoms with E-state index in [9.17, 15) is 19.5 Å². The molecule has 7 heteroatoms. The number of benzene rings is 1. The summed E-state index contributed by atoms with van der Waals surface area (Å²) in [6.07, 6.45) is 0.0756. The van der Waals surface area contributed by atoms with Crippen LogP contribution in [0.15, 0.2) is 18.2 Å². The number of rotatable bonds is 5. The van der Waals surface area contributed by atoms with Crippen LogP contribution in [0.2, 0.25) is 0 Å². The highest BCUT2D eigenvalue weighted by molar-refractivity contribution is 6.01. The Balaban J connectivity index is 2.08. The van der Waals surface area contributed by atoms with Crippen molar-refractivity contribution in [3.63, 3.8) is 0 Å². The molecule has 7 nitrogen and oxygen atoms in total. The van der Waals surface area contributed by atoms with E-state index in [1.165, 1.54) is 17.0 Å². The second-order valence-electron chi connectivity index (χ2n) is 6.82. The number of phenols is 1. The van der Waals surface area contributed by atoms with Gasteiger partial charge in [0.05, 0.1) is 0 Å². The second-order valence-corrected chi connectivity index (χ2v) is 6.82. The maximum Gasteiger partial charge on any atom is 0.306 e. The van der Waals surface area contributed by atoms with Crippen LogP contribution in [0, 0.1) is 0 Å². The van der Waals surface area contributed by atoms with Gasteiger partial charge in [0.25, 0.3) is 5.91 Å². The predicted molar refractivity (Wildman–Crippen MR) is 86.0 cm³/mol. The van der Waals surface area contributed by atoms with Crippen LogP contribution in [0.4, 0.5) is 0 Å². The summed E-state index contributed by atoms with van der Waals surface area (Å²) < 4.78 is 5.21. The van der Waals surface area contributed by atoms with E-state index in [-0.39, 0.29) is 31.0 Å². The number of hydrogen-bond acceptors (Lipinski definition) is 5. The summed E-state index contributed by atoms with van der Waals surface area (Å²) in [4.78, 5) is 37.4. The van der Waals surface area contributed by atoms with Crippen molar-refractivity contribution in [2.24, 2.45) is 5.73 Å². The molecule has 1 aromatic carbocycles. The number of aromatic hydroxyl groups is 1. The maximum absolute atomic E-state index is 12.5. The van der Waals surface area contributed by atoms with E-state index in [4.69, 9.17) is 10.5 Å². The molecule has 0 saturated heterocycles. The normalized spacial score (nSPS) is 15.1.